The minimum Gasteiger partial charge on any atom is -0.506 e. The Labute approximate surface area is 114 Å². The third kappa shape index (κ3) is 3.24. The first-order chi connectivity index (χ1) is 8.16. The number of hydrogen-bond donors (Lipinski definition) is 3. The van der Waals surface area contributed by atoms with Crippen molar-refractivity contribution in [3.63, 3.8) is 0 Å². The third-order valence-electron chi connectivity index (χ3n) is 2.08. The summed E-state index contributed by atoms with van der Waals surface area (Å²) < 4.78 is 1.31. The molecule has 0 spiro atoms. The molecule has 0 aliphatic heterocycles. The van der Waals surface area contributed by atoms with Gasteiger partial charge in [0.2, 0.25) is 0 Å². The van der Waals surface area contributed by atoms with Crippen LogP contribution in [0, 0.1) is 0 Å². The zero-order valence-electron chi connectivity index (χ0n) is 8.61. The Morgan fingerprint density at radius 2 is 1.94 bits per heavy atom. The second-order valence-corrected chi connectivity index (χ2v) is 5.05. The zero-order valence-corrected chi connectivity index (χ0v) is 11.8. The summed E-state index contributed by atoms with van der Waals surface area (Å²) in [4.78, 5) is 0. The third-order valence-corrected chi connectivity index (χ3v) is 3.29. The maximum absolute atomic E-state index is 9.56. The zero-order chi connectivity index (χ0) is 12.3. The van der Waals surface area contributed by atoms with E-state index in [0.717, 1.165) is 5.56 Å². The van der Waals surface area contributed by atoms with E-state index in [0.29, 0.717) is 27.9 Å². The van der Waals surface area contributed by atoms with Gasteiger partial charge in [0, 0.05) is 6.54 Å². The van der Waals surface area contributed by atoms with Crippen molar-refractivity contribution in [2.24, 2.45) is 0 Å². The van der Waals surface area contributed by atoms with E-state index in [-0.39, 0.29) is 5.75 Å². The van der Waals surface area contributed by atoms with Gasteiger partial charge >= 0.3 is 0 Å². The Bertz CT molecular complexity index is 479. The van der Waals surface area contributed by atoms with Gasteiger partial charge in [-0.05, 0) is 49.6 Å². The average Bonchev–Trinajstić information content (AvgIpc) is 2.79. The number of rotatable bonds is 4. The van der Waals surface area contributed by atoms with Crippen molar-refractivity contribution < 1.29 is 5.11 Å². The second kappa shape index (κ2) is 5.56. The lowest BCUT2D eigenvalue weighted by atomic mass is 10.2. The fourth-order valence-corrected chi connectivity index (χ4v) is 2.58. The molecule has 1 heterocycles. The fraction of sp³-hybridized carbons (Fsp3) is 0.222. The molecule has 0 saturated heterocycles. The lowest BCUT2D eigenvalue weighted by molar-refractivity contribution is 0.468. The Balaban J connectivity index is 1.95. The number of nitrogens with one attached hydrogen (secondary N) is 2. The van der Waals surface area contributed by atoms with Gasteiger partial charge in [0.05, 0.1) is 15.5 Å². The molecule has 0 fully saturated rings. The number of phenols is 1. The van der Waals surface area contributed by atoms with Crippen LogP contribution in [0.25, 0.3) is 0 Å². The van der Waals surface area contributed by atoms with Gasteiger partial charge < -0.3 is 10.4 Å². The van der Waals surface area contributed by atoms with Crippen LogP contribution in [0.4, 0.5) is 0 Å². The summed E-state index contributed by atoms with van der Waals surface area (Å²) in [6.07, 6.45) is 0. The average molecular weight is 363 g/mol. The smallest absolute Gasteiger partial charge is 0.188 e. The molecular weight excluding hydrogens is 354 g/mol. The predicted molar refractivity (Wildman–Crippen MR) is 68.2 cm³/mol. The summed E-state index contributed by atoms with van der Waals surface area (Å²) in [6, 6.07) is 3.70. The summed E-state index contributed by atoms with van der Waals surface area (Å²) in [5, 5.41) is 26.2. The summed E-state index contributed by atoms with van der Waals surface area (Å²) in [5.74, 6) is 0.814. The van der Waals surface area contributed by atoms with Gasteiger partial charge in [-0.25, -0.2) is 0 Å². The number of H-pyrrole nitrogens is 1. The number of aromatic nitrogens is 4. The molecule has 0 aliphatic carbocycles. The molecule has 17 heavy (non-hydrogen) atoms. The monoisotopic (exact) mass is 361 g/mol. The normalized spacial score (nSPS) is 10.7. The van der Waals surface area contributed by atoms with Crippen LogP contribution < -0.4 is 5.32 Å². The van der Waals surface area contributed by atoms with Crippen LogP contribution in [0.1, 0.15) is 11.4 Å². The van der Waals surface area contributed by atoms with Crippen molar-refractivity contribution in [1.82, 2.24) is 25.9 Å². The van der Waals surface area contributed by atoms with E-state index in [1.165, 1.54) is 0 Å². The molecule has 0 unspecified atom stereocenters. The maximum Gasteiger partial charge on any atom is 0.188 e. The Morgan fingerprint density at radius 1 is 1.24 bits per heavy atom. The first-order valence-corrected chi connectivity index (χ1v) is 6.35. The number of aromatic amines is 1. The van der Waals surface area contributed by atoms with Crippen LogP contribution in [0.15, 0.2) is 21.1 Å². The Kier molecular flexibility index (Phi) is 4.08. The molecule has 0 saturated carbocycles. The summed E-state index contributed by atoms with van der Waals surface area (Å²) in [5.41, 5.74) is 1.03. The van der Waals surface area contributed by atoms with E-state index >= 15 is 0 Å². The molecule has 2 aromatic rings. The van der Waals surface area contributed by atoms with E-state index in [1.54, 1.807) is 0 Å². The van der Waals surface area contributed by atoms with Gasteiger partial charge in [-0.3, -0.25) is 0 Å². The fourth-order valence-electron chi connectivity index (χ4n) is 1.30. The maximum atomic E-state index is 9.56. The Morgan fingerprint density at radius 3 is 2.53 bits per heavy atom. The number of halogens is 2. The van der Waals surface area contributed by atoms with Gasteiger partial charge in [0.1, 0.15) is 5.75 Å². The molecule has 3 N–H and O–H groups in total. The SMILES string of the molecule is Oc1c(Br)cc(CNCc2nn[nH]n2)cc1Br. The molecule has 0 radical (unpaired) electrons. The molecule has 2 rings (SSSR count). The van der Waals surface area contributed by atoms with Gasteiger partial charge in [0.15, 0.2) is 5.82 Å². The number of tetrazole rings is 1. The van der Waals surface area contributed by atoms with E-state index in [4.69, 9.17) is 0 Å². The summed E-state index contributed by atoms with van der Waals surface area (Å²) >= 11 is 6.56. The number of hydrogen-bond acceptors (Lipinski definition) is 5. The minimum atomic E-state index is 0.201. The van der Waals surface area contributed by atoms with E-state index < -0.39 is 0 Å². The van der Waals surface area contributed by atoms with Crippen LogP contribution in [0.2, 0.25) is 0 Å². The Hall–Kier alpha value is -0.990. The van der Waals surface area contributed by atoms with Crippen LogP contribution in [-0.4, -0.2) is 25.7 Å². The van der Waals surface area contributed by atoms with Crippen molar-refractivity contribution in [3.8, 4) is 5.75 Å². The molecule has 0 amide bonds. The number of benzene rings is 1. The highest BCUT2D eigenvalue weighted by molar-refractivity contribution is 9.11. The quantitative estimate of drug-likeness (QED) is 0.770. The van der Waals surface area contributed by atoms with Crippen LogP contribution in [0.3, 0.4) is 0 Å². The van der Waals surface area contributed by atoms with Gasteiger partial charge in [-0.2, -0.15) is 5.21 Å². The predicted octanol–water partition coefficient (Wildman–Crippen LogP) is 1.72. The van der Waals surface area contributed by atoms with E-state index in [1.807, 2.05) is 12.1 Å². The summed E-state index contributed by atoms with van der Waals surface area (Å²) in [6.45, 7) is 1.18. The van der Waals surface area contributed by atoms with Crippen molar-refractivity contribution >= 4 is 31.9 Å². The first kappa shape index (κ1) is 12.5. The van der Waals surface area contributed by atoms with Gasteiger partial charge in [0.25, 0.3) is 0 Å². The molecule has 0 bridgehead atoms. The first-order valence-electron chi connectivity index (χ1n) is 4.76. The molecule has 1 aromatic carbocycles. The van der Waals surface area contributed by atoms with Crippen LogP contribution in [-0.2, 0) is 13.1 Å². The van der Waals surface area contributed by atoms with Gasteiger partial charge in [-0.15, -0.1) is 10.2 Å². The van der Waals surface area contributed by atoms with Crippen LogP contribution in [0.5, 0.6) is 5.75 Å². The molecule has 0 aliphatic rings. The highest BCUT2D eigenvalue weighted by Gasteiger charge is 2.06. The lowest BCUT2D eigenvalue weighted by Gasteiger charge is -2.06. The highest BCUT2D eigenvalue weighted by Crippen LogP contribution is 2.33. The van der Waals surface area contributed by atoms with E-state index in [2.05, 4.69) is 57.8 Å². The molecule has 1 aromatic heterocycles. The van der Waals surface area contributed by atoms with Crippen molar-refractivity contribution in [2.75, 3.05) is 0 Å². The molecule has 8 heteroatoms. The summed E-state index contributed by atoms with van der Waals surface area (Å²) in [7, 11) is 0. The minimum absolute atomic E-state index is 0.201. The number of nitrogens with zero attached hydrogens (tertiary/aromatic N) is 3. The molecule has 6 nitrogen and oxygen atoms in total. The van der Waals surface area contributed by atoms with Crippen molar-refractivity contribution in [2.45, 2.75) is 13.1 Å². The molecule has 0 atom stereocenters. The van der Waals surface area contributed by atoms with Crippen molar-refractivity contribution in [3.05, 3.63) is 32.5 Å². The lowest BCUT2D eigenvalue weighted by Crippen LogP contribution is -2.13. The highest BCUT2D eigenvalue weighted by atomic mass is 79.9. The second-order valence-electron chi connectivity index (χ2n) is 3.34. The molecular formula is C9H9Br2N5O. The van der Waals surface area contributed by atoms with Gasteiger partial charge in [-0.1, -0.05) is 5.21 Å². The standard InChI is InChI=1S/C9H9Br2N5O/c10-6-1-5(2-7(11)9(6)17)3-12-4-8-13-15-16-14-8/h1-2,12,17H,3-4H2,(H,13,14,15,16). The van der Waals surface area contributed by atoms with Crippen molar-refractivity contribution in [1.29, 1.82) is 0 Å². The van der Waals surface area contributed by atoms with E-state index in [9.17, 15) is 5.11 Å². The topological polar surface area (TPSA) is 86.7 Å². The number of aromatic hydroxyl groups is 1. The van der Waals surface area contributed by atoms with Crippen LogP contribution >= 0.6 is 31.9 Å². The number of phenolic OH excluding ortho intramolecular Hbond substituents is 1. The largest absolute Gasteiger partial charge is 0.506 e. The molecule has 90 valence electrons.